The number of fused-ring (bicyclic) bond motifs is 2. The van der Waals surface area contributed by atoms with Gasteiger partial charge in [0.25, 0.3) is 10.0 Å². The van der Waals surface area contributed by atoms with E-state index >= 15 is 0 Å². The molecular formula is C25H30N2O7S. The minimum Gasteiger partial charge on any atom is -0.478 e. The summed E-state index contributed by atoms with van der Waals surface area (Å²) in [4.78, 5) is 21.9. The Morgan fingerprint density at radius 1 is 0.943 bits per heavy atom. The summed E-state index contributed by atoms with van der Waals surface area (Å²) < 4.78 is 33.9. The van der Waals surface area contributed by atoms with Gasteiger partial charge in [-0.05, 0) is 38.1 Å². The van der Waals surface area contributed by atoms with Gasteiger partial charge in [0, 0.05) is 36.9 Å². The third-order valence-electron chi connectivity index (χ3n) is 5.91. The lowest BCUT2D eigenvalue weighted by Crippen LogP contribution is -2.33. The van der Waals surface area contributed by atoms with Crippen molar-refractivity contribution < 1.29 is 33.0 Å². The van der Waals surface area contributed by atoms with E-state index in [9.17, 15) is 18.0 Å². The Morgan fingerprint density at radius 2 is 1.51 bits per heavy atom. The number of benzene rings is 2. The SMILES string of the molecule is CN1c2ccccc2C(OCCN2CCCCC2)c2ccccc2S1(=O)=O.O=C(O)/C=C/C(=O)O. The minimum absolute atomic E-state index is 0.326. The largest absolute Gasteiger partial charge is 0.478 e. The molecule has 1 saturated heterocycles. The van der Waals surface area contributed by atoms with Crippen LogP contribution in [0.25, 0.3) is 0 Å². The number of carbonyl (C=O) groups is 2. The molecular weight excluding hydrogens is 472 g/mol. The van der Waals surface area contributed by atoms with Crippen molar-refractivity contribution in [1.82, 2.24) is 4.90 Å². The quantitative estimate of drug-likeness (QED) is 0.578. The molecule has 0 amide bonds. The first-order chi connectivity index (χ1) is 16.7. The van der Waals surface area contributed by atoms with Crippen molar-refractivity contribution in [3.8, 4) is 0 Å². The number of carboxylic acids is 2. The summed E-state index contributed by atoms with van der Waals surface area (Å²) in [5.41, 5.74) is 2.29. The fourth-order valence-electron chi connectivity index (χ4n) is 4.18. The maximum atomic E-state index is 13.1. The summed E-state index contributed by atoms with van der Waals surface area (Å²) >= 11 is 0. The maximum Gasteiger partial charge on any atom is 0.328 e. The predicted octanol–water partition coefficient (Wildman–Crippen LogP) is 3.13. The number of ether oxygens (including phenoxy) is 1. The van der Waals surface area contributed by atoms with Crippen molar-refractivity contribution in [2.45, 2.75) is 30.3 Å². The van der Waals surface area contributed by atoms with Crippen LogP contribution in [-0.2, 0) is 24.3 Å². The van der Waals surface area contributed by atoms with Crippen LogP contribution in [0, 0.1) is 0 Å². The van der Waals surface area contributed by atoms with E-state index in [4.69, 9.17) is 14.9 Å². The topological polar surface area (TPSA) is 124 Å². The number of piperidine rings is 1. The fourth-order valence-corrected chi connectivity index (χ4v) is 5.62. The molecule has 0 bridgehead atoms. The Kier molecular flexibility index (Phi) is 9.02. The molecule has 1 atom stereocenters. The van der Waals surface area contributed by atoms with Crippen LogP contribution < -0.4 is 4.31 Å². The van der Waals surface area contributed by atoms with Crippen molar-refractivity contribution in [2.75, 3.05) is 37.6 Å². The second-order valence-electron chi connectivity index (χ2n) is 8.23. The van der Waals surface area contributed by atoms with Gasteiger partial charge in [0.05, 0.1) is 17.2 Å². The number of likely N-dealkylation sites (tertiary alicyclic amines) is 1. The zero-order chi connectivity index (χ0) is 25.4. The lowest BCUT2D eigenvalue weighted by atomic mass is 9.99. The fraction of sp³-hybridized carbons (Fsp3) is 0.360. The highest BCUT2D eigenvalue weighted by Gasteiger charge is 2.35. The van der Waals surface area contributed by atoms with Crippen LogP contribution >= 0.6 is 0 Å². The highest BCUT2D eigenvalue weighted by Crippen LogP contribution is 2.41. The Labute approximate surface area is 205 Å². The van der Waals surface area contributed by atoms with Gasteiger partial charge in [-0.3, -0.25) is 4.31 Å². The first-order valence-electron chi connectivity index (χ1n) is 11.4. The van der Waals surface area contributed by atoms with Gasteiger partial charge in [-0.2, -0.15) is 0 Å². The zero-order valence-corrected chi connectivity index (χ0v) is 20.4. The number of para-hydroxylation sites is 1. The van der Waals surface area contributed by atoms with Crippen LogP contribution in [0.5, 0.6) is 0 Å². The molecule has 0 saturated carbocycles. The summed E-state index contributed by atoms with van der Waals surface area (Å²) in [5, 5.41) is 15.6. The summed E-state index contributed by atoms with van der Waals surface area (Å²) in [5.74, 6) is -2.51. The monoisotopic (exact) mass is 502 g/mol. The Bertz CT molecular complexity index is 1160. The molecule has 4 rings (SSSR count). The lowest BCUT2D eigenvalue weighted by molar-refractivity contribution is -0.134. The predicted molar refractivity (Wildman–Crippen MR) is 131 cm³/mol. The van der Waals surface area contributed by atoms with Crippen molar-refractivity contribution in [3.63, 3.8) is 0 Å². The second kappa shape index (κ2) is 12.0. The van der Waals surface area contributed by atoms with Crippen molar-refractivity contribution in [3.05, 3.63) is 71.8 Å². The van der Waals surface area contributed by atoms with Gasteiger partial charge in [0.15, 0.2) is 0 Å². The second-order valence-corrected chi connectivity index (χ2v) is 10.2. The number of sulfonamides is 1. The van der Waals surface area contributed by atoms with Gasteiger partial charge in [-0.25, -0.2) is 18.0 Å². The molecule has 9 nitrogen and oxygen atoms in total. The molecule has 2 N–H and O–H groups in total. The molecule has 188 valence electrons. The Hall–Kier alpha value is -3.21. The van der Waals surface area contributed by atoms with Crippen LogP contribution in [0.2, 0.25) is 0 Å². The Morgan fingerprint density at radius 3 is 2.14 bits per heavy atom. The van der Waals surface area contributed by atoms with Gasteiger partial charge >= 0.3 is 11.9 Å². The average Bonchev–Trinajstić information content (AvgIpc) is 2.92. The standard InChI is InChI=1S/C21H26N2O3S.C4H4O4/c1-22-19-11-5-3-9-17(19)21(26-16-15-23-13-7-2-8-14-23)18-10-4-6-12-20(18)27(22,24)25;5-3(6)1-2-4(7)8/h3-6,9-12,21H,2,7-8,13-16H2,1H3;1-2H,(H,5,6)(H,7,8)/b;2-1+. The summed E-state index contributed by atoms with van der Waals surface area (Å²) in [6.07, 6.45) is 4.54. The molecule has 0 spiro atoms. The van der Waals surface area contributed by atoms with E-state index in [1.807, 2.05) is 36.4 Å². The summed E-state index contributed by atoms with van der Waals surface area (Å²) in [6, 6.07) is 14.8. The van der Waals surface area contributed by atoms with Crippen molar-refractivity contribution >= 4 is 27.6 Å². The molecule has 0 aliphatic carbocycles. The number of nitrogens with zero attached hydrogens (tertiary/aromatic N) is 2. The molecule has 0 radical (unpaired) electrons. The van der Waals surface area contributed by atoms with E-state index in [1.165, 1.54) is 23.6 Å². The third-order valence-corrected chi connectivity index (χ3v) is 7.75. The number of carboxylic acid groups (broad SMARTS) is 2. The van der Waals surface area contributed by atoms with Crippen LogP contribution in [0.3, 0.4) is 0 Å². The highest BCUT2D eigenvalue weighted by atomic mass is 32.2. The number of rotatable bonds is 6. The molecule has 10 heteroatoms. The number of aliphatic carboxylic acids is 2. The third kappa shape index (κ3) is 6.68. The van der Waals surface area contributed by atoms with E-state index in [0.29, 0.717) is 34.9 Å². The Balaban J connectivity index is 0.000000371. The molecule has 0 aromatic heterocycles. The molecule has 2 aromatic carbocycles. The molecule has 2 aliphatic heterocycles. The number of anilines is 1. The van der Waals surface area contributed by atoms with E-state index in [0.717, 1.165) is 25.2 Å². The average molecular weight is 503 g/mol. The minimum atomic E-state index is -3.61. The van der Waals surface area contributed by atoms with Crippen LogP contribution in [-0.4, -0.2) is 68.8 Å². The van der Waals surface area contributed by atoms with Crippen LogP contribution in [0.1, 0.15) is 36.5 Å². The van der Waals surface area contributed by atoms with Crippen LogP contribution in [0.4, 0.5) is 5.69 Å². The zero-order valence-electron chi connectivity index (χ0n) is 19.5. The van der Waals surface area contributed by atoms with E-state index in [1.54, 1.807) is 19.2 Å². The molecule has 35 heavy (non-hydrogen) atoms. The van der Waals surface area contributed by atoms with Crippen LogP contribution in [0.15, 0.2) is 65.6 Å². The number of hydrogen-bond acceptors (Lipinski definition) is 6. The van der Waals surface area contributed by atoms with Gasteiger partial charge in [-0.1, -0.05) is 42.8 Å². The van der Waals surface area contributed by atoms with Gasteiger partial charge in [0.2, 0.25) is 0 Å². The van der Waals surface area contributed by atoms with Gasteiger partial charge in [-0.15, -0.1) is 0 Å². The smallest absolute Gasteiger partial charge is 0.328 e. The molecule has 2 aromatic rings. The van der Waals surface area contributed by atoms with E-state index in [2.05, 4.69) is 4.90 Å². The normalized spacial score (nSPS) is 19.1. The first kappa shape index (κ1) is 26.4. The van der Waals surface area contributed by atoms with Gasteiger partial charge in [0.1, 0.15) is 6.10 Å². The molecule has 1 fully saturated rings. The van der Waals surface area contributed by atoms with Crippen molar-refractivity contribution in [2.24, 2.45) is 0 Å². The maximum absolute atomic E-state index is 13.1. The first-order valence-corrected chi connectivity index (χ1v) is 12.8. The van der Waals surface area contributed by atoms with Gasteiger partial charge < -0.3 is 19.8 Å². The lowest BCUT2D eigenvalue weighted by Gasteiger charge is -2.27. The summed E-state index contributed by atoms with van der Waals surface area (Å²) in [7, 11) is -1.99. The molecule has 1 unspecified atom stereocenters. The summed E-state index contributed by atoms with van der Waals surface area (Å²) in [6.45, 7) is 3.71. The molecule has 2 heterocycles. The molecule has 2 aliphatic rings. The van der Waals surface area contributed by atoms with Crippen molar-refractivity contribution in [1.29, 1.82) is 0 Å². The number of hydrogen-bond donors (Lipinski definition) is 2. The van der Waals surface area contributed by atoms with E-state index in [-0.39, 0.29) is 6.10 Å². The van der Waals surface area contributed by atoms with E-state index < -0.39 is 22.0 Å². The highest BCUT2D eigenvalue weighted by molar-refractivity contribution is 7.92.